The van der Waals surface area contributed by atoms with E-state index in [0.29, 0.717) is 0 Å². The van der Waals surface area contributed by atoms with Gasteiger partial charge in [0.1, 0.15) is 0 Å². The Morgan fingerprint density at radius 1 is 1.08 bits per heavy atom. The molecule has 2 unspecified atom stereocenters. The van der Waals surface area contributed by atoms with Crippen molar-refractivity contribution in [3.8, 4) is 0 Å². The Morgan fingerprint density at radius 3 is 2.42 bits per heavy atom. The van der Waals surface area contributed by atoms with Gasteiger partial charge in [-0.05, 0) is 38.4 Å². The summed E-state index contributed by atoms with van der Waals surface area (Å²) in [6.07, 6.45) is 10.8. The molecule has 0 amide bonds. The average Bonchev–Trinajstić information content (AvgIpc) is 2.44. The molecule has 12 heavy (non-hydrogen) atoms. The van der Waals surface area contributed by atoms with Crippen LogP contribution < -0.4 is 5.32 Å². The van der Waals surface area contributed by atoms with Crippen molar-refractivity contribution in [2.24, 2.45) is 0 Å². The molecule has 0 radical (unpaired) electrons. The molecule has 2 aliphatic rings. The lowest BCUT2D eigenvalue weighted by atomic mass is 9.92. The molecule has 0 heterocycles. The third-order valence-electron chi connectivity index (χ3n) is 3.29. The fourth-order valence-corrected chi connectivity index (χ4v) is 3.01. The van der Waals surface area contributed by atoms with Gasteiger partial charge in [-0.15, -0.1) is 0 Å². The number of hydrogen-bond acceptors (Lipinski definition) is 2. The highest BCUT2D eigenvalue weighted by Crippen LogP contribution is 2.30. The van der Waals surface area contributed by atoms with Gasteiger partial charge in [-0.1, -0.05) is 6.42 Å². The van der Waals surface area contributed by atoms with Crippen LogP contribution in [-0.4, -0.2) is 23.6 Å². The average molecular weight is 185 g/mol. The van der Waals surface area contributed by atoms with Crippen molar-refractivity contribution in [1.82, 2.24) is 5.32 Å². The quantitative estimate of drug-likeness (QED) is 0.724. The lowest BCUT2D eigenvalue weighted by molar-refractivity contribution is 0.305. The Balaban J connectivity index is 1.68. The van der Waals surface area contributed by atoms with Crippen LogP contribution in [0.5, 0.6) is 0 Å². The Labute approximate surface area is 79.7 Å². The highest BCUT2D eigenvalue weighted by molar-refractivity contribution is 7.99. The van der Waals surface area contributed by atoms with E-state index in [-0.39, 0.29) is 0 Å². The lowest BCUT2D eigenvalue weighted by Gasteiger charge is -2.29. The molecular weight excluding hydrogens is 166 g/mol. The summed E-state index contributed by atoms with van der Waals surface area (Å²) in [7, 11) is 0. The molecule has 0 aromatic heterocycles. The summed E-state index contributed by atoms with van der Waals surface area (Å²) in [5.41, 5.74) is 0. The van der Waals surface area contributed by atoms with Crippen LogP contribution in [0.25, 0.3) is 0 Å². The van der Waals surface area contributed by atoms with Gasteiger partial charge >= 0.3 is 0 Å². The van der Waals surface area contributed by atoms with Gasteiger partial charge in [-0.3, -0.25) is 0 Å². The predicted molar refractivity (Wildman–Crippen MR) is 55.7 cm³/mol. The number of hydrogen-bond donors (Lipinski definition) is 1. The topological polar surface area (TPSA) is 12.0 Å². The molecule has 0 saturated heterocycles. The largest absolute Gasteiger partial charge is 0.311 e. The zero-order chi connectivity index (χ0) is 8.39. The molecule has 1 N–H and O–H groups in total. The summed E-state index contributed by atoms with van der Waals surface area (Å²) in [6.45, 7) is 0. The second-order valence-corrected chi connectivity index (χ2v) is 5.30. The van der Waals surface area contributed by atoms with E-state index < -0.39 is 0 Å². The van der Waals surface area contributed by atoms with Crippen LogP contribution in [0.2, 0.25) is 0 Å². The number of rotatable bonds is 3. The monoisotopic (exact) mass is 185 g/mol. The third kappa shape index (κ3) is 1.97. The fraction of sp³-hybridized carbons (Fsp3) is 1.00. The van der Waals surface area contributed by atoms with Gasteiger partial charge in [0.05, 0.1) is 0 Å². The van der Waals surface area contributed by atoms with Gasteiger partial charge in [0.15, 0.2) is 0 Å². The Kier molecular flexibility index (Phi) is 2.97. The van der Waals surface area contributed by atoms with Crippen LogP contribution in [0, 0.1) is 0 Å². The molecule has 70 valence electrons. The van der Waals surface area contributed by atoms with E-state index in [2.05, 4.69) is 11.6 Å². The summed E-state index contributed by atoms with van der Waals surface area (Å²) in [5.74, 6) is 0. The van der Waals surface area contributed by atoms with Crippen molar-refractivity contribution < 1.29 is 0 Å². The molecule has 0 spiro atoms. The van der Waals surface area contributed by atoms with E-state index >= 15 is 0 Å². The summed E-state index contributed by atoms with van der Waals surface area (Å²) in [5, 5.41) is 4.71. The van der Waals surface area contributed by atoms with E-state index in [4.69, 9.17) is 0 Å². The summed E-state index contributed by atoms with van der Waals surface area (Å²) in [6, 6.07) is 1.74. The van der Waals surface area contributed by atoms with Crippen molar-refractivity contribution >= 4 is 11.8 Å². The first-order valence-corrected chi connectivity index (χ1v) is 6.46. The first-order valence-electron chi connectivity index (χ1n) is 5.17. The molecular formula is C10H19NS. The molecule has 0 aromatic carbocycles. The Bertz CT molecular complexity index is 145. The van der Waals surface area contributed by atoms with Crippen molar-refractivity contribution in [3.63, 3.8) is 0 Å². The summed E-state index contributed by atoms with van der Waals surface area (Å²) in [4.78, 5) is 0. The van der Waals surface area contributed by atoms with E-state index in [1.54, 1.807) is 0 Å². The highest BCUT2D eigenvalue weighted by atomic mass is 32.2. The third-order valence-corrected chi connectivity index (χ3v) is 4.39. The first-order chi connectivity index (χ1) is 5.88. The van der Waals surface area contributed by atoms with E-state index in [9.17, 15) is 0 Å². The lowest BCUT2D eigenvalue weighted by Crippen LogP contribution is -2.41. The minimum Gasteiger partial charge on any atom is -0.311 e. The van der Waals surface area contributed by atoms with Crippen LogP contribution in [0.4, 0.5) is 0 Å². The molecule has 2 fully saturated rings. The molecule has 1 nitrogen and oxygen atoms in total. The SMILES string of the molecule is CSC1CCC(NC2CCC2)C1. The molecule has 2 atom stereocenters. The normalized spacial score (nSPS) is 36.8. The maximum absolute atomic E-state index is 3.77. The molecule has 0 bridgehead atoms. The smallest absolute Gasteiger partial charge is 0.00805 e. The van der Waals surface area contributed by atoms with Gasteiger partial charge in [-0.25, -0.2) is 0 Å². The second-order valence-electron chi connectivity index (χ2n) is 4.16. The highest BCUT2D eigenvalue weighted by Gasteiger charge is 2.27. The summed E-state index contributed by atoms with van der Waals surface area (Å²) < 4.78 is 0. The molecule has 2 rings (SSSR count). The van der Waals surface area contributed by atoms with Crippen LogP contribution in [0.1, 0.15) is 38.5 Å². The minimum absolute atomic E-state index is 0.854. The fourth-order valence-electron chi connectivity index (χ4n) is 2.21. The van der Waals surface area contributed by atoms with Crippen molar-refractivity contribution in [2.75, 3.05) is 6.26 Å². The molecule has 0 aliphatic heterocycles. The standard InChI is InChI=1S/C10H19NS/c1-12-10-6-5-9(7-10)11-8-3-2-4-8/h8-11H,2-7H2,1H3. The number of nitrogens with one attached hydrogen (secondary N) is 1. The molecule has 2 heteroatoms. The predicted octanol–water partition coefficient (Wildman–Crippen LogP) is 2.41. The van der Waals surface area contributed by atoms with Crippen LogP contribution >= 0.6 is 11.8 Å². The first kappa shape index (κ1) is 8.89. The van der Waals surface area contributed by atoms with Crippen molar-refractivity contribution in [1.29, 1.82) is 0 Å². The van der Waals surface area contributed by atoms with Crippen LogP contribution in [0.3, 0.4) is 0 Å². The van der Waals surface area contributed by atoms with Gasteiger partial charge in [0.2, 0.25) is 0 Å². The van der Waals surface area contributed by atoms with Gasteiger partial charge in [-0.2, -0.15) is 11.8 Å². The van der Waals surface area contributed by atoms with Gasteiger partial charge in [0, 0.05) is 17.3 Å². The van der Waals surface area contributed by atoms with Crippen molar-refractivity contribution in [2.45, 2.75) is 55.9 Å². The van der Waals surface area contributed by atoms with E-state index in [1.807, 2.05) is 11.8 Å². The molecule has 0 aromatic rings. The number of thioether (sulfide) groups is 1. The van der Waals surface area contributed by atoms with Crippen LogP contribution in [-0.2, 0) is 0 Å². The van der Waals surface area contributed by atoms with Crippen LogP contribution in [0.15, 0.2) is 0 Å². The Morgan fingerprint density at radius 2 is 1.92 bits per heavy atom. The maximum atomic E-state index is 3.77. The van der Waals surface area contributed by atoms with Crippen molar-refractivity contribution in [3.05, 3.63) is 0 Å². The summed E-state index contributed by atoms with van der Waals surface area (Å²) >= 11 is 2.05. The minimum atomic E-state index is 0.854. The second kappa shape index (κ2) is 4.01. The van der Waals surface area contributed by atoms with Gasteiger partial charge in [0.25, 0.3) is 0 Å². The molecule has 2 aliphatic carbocycles. The zero-order valence-corrected chi connectivity index (χ0v) is 8.70. The molecule has 2 saturated carbocycles. The zero-order valence-electron chi connectivity index (χ0n) is 7.88. The Hall–Kier alpha value is 0.310. The van der Waals surface area contributed by atoms with E-state index in [1.165, 1.54) is 38.5 Å². The van der Waals surface area contributed by atoms with E-state index in [0.717, 1.165) is 17.3 Å². The maximum Gasteiger partial charge on any atom is 0.00805 e. The van der Waals surface area contributed by atoms with Gasteiger partial charge < -0.3 is 5.32 Å².